The van der Waals surface area contributed by atoms with Gasteiger partial charge in [-0.3, -0.25) is 9.97 Å². The number of pyridine rings is 2. The molecule has 20 aromatic rings. The molecule has 2 spiro atoms. The van der Waals surface area contributed by atoms with E-state index in [1.54, 1.807) is 0 Å². The summed E-state index contributed by atoms with van der Waals surface area (Å²) in [6.45, 7) is 0. The number of hydrogen-bond donors (Lipinski definition) is 0. The molecule has 0 amide bonds. The predicted molar refractivity (Wildman–Crippen MR) is 479 cm³/mol. The van der Waals surface area contributed by atoms with E-state index in [0.717, 1.165) is 120 Å². The van der Waals surface area contributed by atoms with Gasteiger partial charge in [-0.2, -0.15) is 0 Å². The van der Waals surface area contributed by atoms with Crippen molar-refractivity contribution in [2.24, 2.45) is 0 Å². The van der Waals surface area contributed by atoms with Gasteiger partial charge in [0.15, 0.2) is 34.9 Å². The Balaban J connectivity index is 0.599. The van der Waals surface area contributed by atoms with Gasteiger partial charge in [0.2, 0.25) is 0 Å². The first-order valence-electron chi connectivity index (χ1n) is 39.8. The van der Waals surface area contributed by atoms with Gasteiger partial charge < -0.3 is 0 Å². The molecule has 0 fully saturated rings. The highest BCUT2D eigenvalue weighted by molar-refractivity contribution is 7.99. The number of para-hydroxylation sites is 2. The highest BCUT2D eigenvalue weighted by Crippen LogP contribution is 2.65. The first-order chi connectivity index (χ1) is 58.4. The summed E-state index contributed by atoms with van der Waals surface area (Å²) in [5.41, 5.74) is 29.9. The van der Waals surface area contributed by atoms with Crippen molar-refractivity contribution in [3.8, 4) is 135 Å². The smallest absolute Gasteiger partial charge is 0.164 e. The molecule has 24 rings (SSSR count). The van der Waals surface area contributed by atoms with Crippen LogP contribution in [-0.2, 0) is 10.8 Å². The van der Waals surface area contributed by atoms with Gasteiger partial charge in [-0.15, -0.1) is 0 Å². The van der Waals surface area contributed by atoms with Crippen LogP contribution in [0.4, 0.5) is 0 Å². The van der Waals surface area contributed by atoms with Crippen LogP contribution in [0.1, 0.15) is 44.5 Å². The minimum atomic E-state index is -0.698. The second-order valence-electron chi connectivity index (χ2n) is 30.7. The van der Waals surface area contributed by atoms with Crippen LogP contribution in [0.3, 0.4) is 0 Å². The summed E-state index contributed by atoms with van der Waals surface area (Å²) in [5.74, 6) is 3.65. The number of nitrogens with zero attached hydrogens (tertiary/aromatic N) is 8. The van der Waals surface area contributed by atoms with E-state index in [0.29, 0.717) is 34.9 Å². The summed E-state index contributed by atoms with van der Waals surface area (Å²) < 4.78 is 0. The molecular weight excluding hydrogens is 1470 g/mol. The topological polar surface area (TPSA) is 103 Å². The normalized spacial score (nSPS) is 14.1. The second kappa shape index (κ2) is 27.0. The Hall–Kier alpha value is -14.7. The molecule has 10 heteroatoms. The summed E-state index contributed by atoms with van der Waals surface area (Å²) in [6, 6.07) is 136. The fraction of sp³-hybridized carbons (Fsp3) is 0.0185. The van der Waals surface area contributed by atoms with Crippen molar-refractivity contribution in [3.63, 3.8) is 0 Å². The van der Waals surface area contributed by atoms with E-state index in [1.807, 2.05) is 84.4 Å². The van der Waals surface area contributed by atoms with Crippen molar-refractivity contribution in [2.75, 3.05) is 0 Å². The summed E-state index contributed by atoms with van der Waals surface area (Å²) in [5, 5.41) is 4.42. The standard InChI is InChI=1S/C108H64N8S2/c1-3-22-69(23-4-1)101-111-103(114-104(112-101)77-50-55-93-97(63-77)117-95-61-75(80-37-17-27-67-31-19-57-109-99(67)80)48-53-91(95)107(93)87-40-12-9-34-82(87)83-35-10-13-41-88(83)107)71-45-43-65(44-46-71)72-29-15-30-73(59-72)74-47-52-90-86(60-74)84-36-11-14-42-89(84)108(90)92-54-49-76(81-38-18-28-68-32-20-58-110-100(68)81)62-96(92)118-98-64-78(51-56-94(98)108)105-113-102(70-24-5-2-6-25-70)115-106(116-105)85-39-16-26-66-21-7-8-33-79(66)85/h1-64H. The van der Waals surface area contributed by atoms with Crippen LogP contribution >= 0.6 is 23.5 Å². The maximum atomic E-state index is 5.42. The highest BCUT2D eigenvalue weighted by Gasteiger charge is 2.52. The van der Waals surface area contributed by atoms with Crippen molar-refractivity contribution in [2.45, 2.75) is 30.4 Å². The fourth-order valence-electron chi connectivity index (χ4n) is 19.1. The lowest BCUT2D eigenvalue weighted by atomic mass is 9.67. The van der Waals surface area contributed by atoms with Crippen LogP contribution < -0.4 is 0 Å². The maximum absolute atomic E-state index is 5.42. The fourth-order valence-corrected chi connectivity index (χ4v) is 21.7. The lowest BCUT2D eigenvalue weighted by Gasteiger charge is -2.40. The van der Waals surface area contributed by atoms with E-state index in [1.165, 1.54) is 76.6 Å². The average molecular weight is 1540 g/mol. The van der Waals surface area contributed by atoms with Gasteiger partial charge in [-0.25, -0.2) is 29.9 Å². The lowest BCUT2D eigenvalue weighted by molar-refractivity contribution is 0.722. The number of rotatable bonds is 10. The van der Waals surface area contributed by atoms with Crippen LogP contribution in [0.2, 0.25) is 0 Å². The third-order valence-electron chi connectivity index (χ3n) is 24.4. The molecule has 2 aliphatic carbocycles. The molecule has 4 aromatic heterocycles. The van der Waals surface area contributed by atoms with E-state index in [-0.39, 0.29) is 0 Å². The molecule has 4 aliphatic rings. The average Bonchev–Trinajstić information content (AvgIpc) is 1.50. The van der Waals surface area contributed by atoms with Crippen LogP contribution in [0.15, 0.2) is 408 Å². The van der Waals surface area contributed by atoms with E-state index >= 15 is 0 Å². The van der Waals surface area contributed by atoms with E-state index < -0.39 is 10.8 Å². The first-order valence-corrected chi connectivity index (χ1v) is 41.5. The predicted octanol–water partition coefficient (Wildman–Crippen LogP) is 26.6. The number of fused-ring (bicyclic) bond motifs is 21. The Labute approximate surface area is 689 Å². The molecule has 8 nitrogen and oxygen atoms in total. The van der Waals surface area contributed by atoms with E-state index in [2.05, 4.69) is 328 Å². The molecule has 0 radical (unpaired) electrons. The van der Waals surface area contributed by atoms with Crippen molar-refractivity contribution in [1.82, 2.24) is 39.9 Å². The van der Waals surface area contributed by atoms with Gasteiger partial charge in [-0.1, -0.05) is 351 Å². The van der Waals surface area contributed by atoms with E-state index in [4.69, 9.17) is 39.9 Å². The molecule has 2 aliphatic heterocycles. The van der Waals surface area contributed by atoms with Gasteiger partial charge in [0, 0.05) is 87.3 Å². The summed E-state index contributed by atoms with van der Waals surface area (Å²) in [4.78, 5) is 46.5. The van der Waals surface area contributed by atoms with Crippen molar-refractivity contribution in [3.05, 3.63) is 433 Å². The number of benzene rings is 16. The van der Waals surface area contributed by atoms with Crippen LogP contribution in [0, 0.1) is 0 Å². The first kappa shape index (κ1) is 67.8. The zero-order valence-electron chi connectivity index (χ0n) is 63.3. The Morgan fingerprint density at radius 1 is 0.178 bits per heavy atom. The van der Waals surface area contributed by atoms with Crippen LogP contribution in [0.25, 0.3) is 168 Å². The molecule has 0 bridgehead atoms. The van der Waals surface area contributed by atoms with Gasteiger partial charge in [-0.05, 0) is 159 Å². The number of aromatic nitrogens is 8. The zero-order chi connectivity index (χ0) is 77.6. The van der Waals surface area contributed by atoms with Crippen LogP contribution in [-0.4, -0.2) is 39.9 Å². The molecule has 0 saturated carbocycles. The Morgan fingerprint density at radius 3 is 1.01 bits per heavy atom. The molecule has 6 heterocycles. The molecule has 1 unspecified atom stereocenters. The SMILES string of the molecule is c1ccc(-c2nc(-c3ccc(-c4cccc(-c5ccc6c(c5)-c5ccccc5C65c6ccc(-c7nc(-c8ccccc8)nc(-c8cccc9ccccc89)n7)cc6Sc6cc(-c7cccc8cccnc78)ccc65)c4)cc3)nc(-c3ccc4c(c3)Sc3cc(-c5cccc6cccnc56)ccc3C43c4ccccc4-c4ccccc43)n2)cc1. The number of hydrogen-bond acceptors (Lipinski definition) is 10. The molecule has 548 valence electrons. The molecule has 0 N–H and O–H groups in total. The van der Waals surface area contributed by atoms with Crippen LogP contribution in [0.5, 0.6) is 0 Å². The summed E-state index contributed by atoms with van der Waals surface area (Å²) >= 11 is 3.63. The minimum absolute atomic E-state index is 0.582. The van der Waals surface area contributed by atoms with Crippen molar-refractivity contribution in [1.29, 1.82) is 0 Å². The Morgan fingerprint density at radius 2 is 0.492 bits per heavy atom. The van der Waals surface area contributed by atoms with Gasteiger partial charge >= 0.3 is 0 Å². The molecule has 16 aromatic carbocycles. The largest absolute Gasteiger partial charge is 0.256 e. The maximum Gasteiger partial charge on any atom is 0.164 e. The molecule has 0 saturated heterocycles. The minimum Gasteiger partial charge on any atom is -0.256 e. The summed E-state index contributed by atoms with van der Waals surface area (Å²) in [7, 11) is 0. The monoisotopic (exact) mass is 1540 g/mol. The van der Waals surface area contributed by atoms with Crippen molar-refractivity contribution < 1.29 is 0 Å². The third kappa shape index (κ3) is 10.6. The van der Waals surface area contributed by atoms with Gasteiger partial charge in [0.1, 0.15) is 0 Å². The summed E-state index contributed by atoms with van der Waals surface area (Å²) in [6.07, 6.45) is 3.78. The van der Waals surface area contributed by atoms with Gasteiger partial charge in [0.25, 0.3) is 0 Å². The van der Waals surface area contributed by atoms with Gasteiger partial charge in [0.05, 0.1) is 21.9 Å². The van der Waals surface area contributed by atoms with Crippen molar-refractivity contribution >= 4 is 56.1 Å². The Bertz CT molecular complexity index is 7530. The molecule has 118 heavy (non-hydrogen) atoms. The Kier molecular flexibility index (Phi) is 15.5. The lowest BCUT2D eigenvalue weighted by Crippen LogP contribution is -2.32. The van der Waals surface area contributed by atoms with E-state index in [9.17, 15) is 0 Å². The quantitative estimate of drug-likeness (QED) is 0.131. The highest BCUT2D eigenvalue weighted by atomic mass is 32.2. The third-order valence-corrected chi connectivity index (χ3v) is 26.7. The molecular formula is C108H64N8S2. The second-order valence-corrected chi connectivity index (χ2v) is 32.9. The molecule has 1 atom stereocenters. The zero-order valence-corrected chi connectivity index (χ0v) is 65.0.